The van der Waals surface area contributed by atoms with Gasteiger partial charge in [0.15, 0.2) is 0 Å². The summed E-state index contributed by atoms with van der Waals surface area (Å²) in [5.41, 5.74) is 1.39. The average Bonchev–Trinajstić information content (AvgIpc) is 3.20. The van der Waals surface area contributed by atoms with Crippen LogP contribution in [-0.4, -0.2) is 54.0 Å². The Bertz CT molecular complexity index is 649. The quantitative estimate of drug-likeness (QED) is 0.894. The van der Waals surface area contributed by atoms with Crippen molar-refractivity contribution in [3.8, 4) is 0 Å². The highest BCUT2D eigenvalue weighted by Gasteiger charge is 2.32. The Morgan fingerprint density at radius 3 is 2.75 bits per heavy atom. The fourth-order valence-electron chi connectivity index (χ4n) is 4.18. The van der Waals surface area contributed by atoms with Crippen LogP contribution in [0.5, 0.6) is 0 Å². The second-order valence-corrected chi connectivity index (χ2v) is 8.49. The van der Waals surface area contributed by atoms with Crippen molar-refractivity contribution < 1.29 is 9.59 Å². The molecule has 2 saturated heterocycles. The standard InChI is InChI=1S/C18H25N3O2S/c1-12-2-3-15-13(10-12)11-16(24-15)17(22)20-7-4-14(5-8-20)21-9-6-19-18(21)23/h11-12,14H,2-10H2,1H3,(H,19,23)/t12-/m1/s1. The van der Waals surface area contributed by atoms with Crippen LogP contribution in [0, 0.1) is 5.92 Å². The van der Waals surface area contributed by atoms with Crippen molar-refractivity contribution in [1.29, 1.82) is 0 Å². The second kappa shape index (κ2) is 6.39. The molecule has 1 aromatic rings. The number of hydrogen-bond donors (Lipinski definition) is 1. The Labute approximate surface area is 147 Å². The summed E-state index contributed by atoms with van der Waals surface area (Å²) in [5.74, 6) is 0.920. The van der Waals surface area contributed by atoms with Gasteiger partial charge in [0.05, 0.1) is 4.88 Å². The van der Waals surface area contributed by atoms with Gasteiger partial charge in [-0.1, -0.05) is 6.92 Å². The van der Waals surface area contributed by atoms with Crippen molar-refractivity contribution >= 4 is 23.3 Å². The highest BCUT2D eigenvalue weighted by Crippen LogP contribution is 2.33. The van der Waals surface area contributed by atoms with Crippen LogP contribution in [0.3, 0.4) is 0 Å². The van der Waals surface area contributed by atoms with Crippen LogP contribution < -0.4 is 5.32 Å². The van der Waals surface area contributed by atoms with E-state index in [4.69, 9.17) is 0 Å². The van der Waals surface area contributed by atoms with Crippen LogP contribution in [-0.2, 0) is 12.8 Å². The molecule has 130 valence electrons. The number of likely N-dealkylation sites (tertiary alicyclic amines) is 1. The minimum absolute atomic E-state index is 0.0554. The van der Waals surface area contributed by atoms with Gasteiger partial charge in [0.1, 0.15) is 0 Å². The Kier molecular flexibility index (Phi) is 4.24. The van der Waals surface area contributed by atoms with E-state index >= 15 is 0 Å². The number of fused-ring (bicyclic) bond motifs is 1. The molecule has 0 bridgehead atoms. The largest absolute Gasteiger partial charge is 0.338 e. The molecule has 0 radical (unpaired) electrons. The second-order valence-electron chi connectivity index (χ2n) is 7.36. The monoisotopic (exact) mass is 347 g/mol. The van der Waals surface area contributed by atoms with Gasteiger partial charge in [-0.3, -0.25) is 4.79 Å². The predicted octanol–water partition coefficient (Wildman–Crippen LogP) is 2.50. The summed E-state index contributed by atoms with van der Waals surface area (Å²) in [5, 5.41) is 2.87. The van der Waals surface area contributed by atoms with Gasteiger partial charge in [0, 0.05) is 37.1 Å². The van der Waals surface area contributed by atoms with E-state index in [0.717, 1.165) is 62.7 Å². The van der Waals surface area contributed by atoms with Gasteiger partial charge >= 0.3 is 6.03 Å². The smallest absolute Gasteiger partial charge is 0.317 e. The highest BCUT2D eigenvalue weighted by atomic mass is 32.1. The molecule has 4 rings (SSSR count). The van der Waals surface area contributed by atoms with E-state index in [2.05, 4.69) is 18.3 Å². The minimum atomic E-state index is 0.0554. The first-order valence-corrected chi connectivity index (χ1v) is 9.89. The van der Waals surface area contributed by atoms with Crippen molar-refractivity contribution in [3.63, 3.8) is 0 Å². The summed E-state index contributed by atoms with van der Waals surface area (Å²) in [6.07, 6.45) is 5.26. The van der Waals surface area contributed by atoms with Gasteiger partial charge in [-0.2, -0.15) is 0 Å². The first-order valence-electron chi connectivity index (χ1n) is 9.07. The third-order valence-electron chi connectivity index (χ3n) is 5.62. The molecule has 0 unspecified atom stereocenters. The minimum Gasteiger partial charge on any atom is -0.338 e. The summed E-state index contributed by atoms with van der Waals surface area (Å²) in [6, 6.07) is 2.48. The molecule has 0 saturated carbocycles. The molecular weight excluding hydrogens is 322 g/mol. The van der Waals surface area contributed by atoms with E-state index in [1.807, 2.05) is 9.80 Å². The number of amides is 3. The first-order chi connectivity index (χ1) is 11.6. The van der Waals surface area contributed by atoms with Crippen LogP contribution in [0.1, 0.15) is 46.3 Å². The zero-order valence-corrected chi connectivity index (χ0v) is 15.0. The zero-order valence-electron chi connectivity index (χ0n) is 14.2. The molecule has 2 aliphatic heterocycles. The molecule has 0 spiro atoms. The summed E-state index contributed by atoms with van der Waals surface area (Å²) in [4.78, 5) is 30.9. The van der Waals surface area contributed by atoms with E-state index in [1.54, 1.807) is 11.3 Å². The summed E-state index contributed by atoms with van der Waals surface area (Å²) >= 11 is 1.70. The average molecular weight is 347 g/mol. The number of aryl methyl sites for hydroxylation is 1. The Morgan fingerprint density at radius 2 is 2.04 bits per heavy atom. The Hall–Kier alpha value is -1.56. The normalized spacial score (nSPS) is 24.9. The molecular formula is C18H25N3O2S. The number of piperidine rings is 1. The van der Waals surface area contributed by atoms with E-state index in [1.165, 1.54) is 16.9 Å². The van der Waals surface area contributed by atoms with Crippen molar-refractivity contribution in [3.05, 3.63) is 21.4 Å². The molecule has 6 heteroatoms. The maximum absolute atomic E-state index is 12.8. The molecule has 3 amide bonds. The van der Waals surface area contributed by atoms with Crippen LogP contribution in [0.25, 0.3) is 0 Å². The summed E-state index contributed by atoms with van der Waals surface area (Å²) in [6.45, 7) is 5.35. The Balaban J connectivity index is 1.39. The molecule has 1 aliphatic carbocycles. The number of carbonyl (C=O) groups excluding carboxylic acids is 2. The SMILES string of the molecule is C[C@@H]1CCc2sc(C(=O)N3CCC(N4CCNC4=O)CC3)cc2C1. The molecule has 2 fully saturated rings. The van der Waals surface area contributed by atoms with E-state index in [9.17, 15) is 9.59 Å². The molecule has 1 aromatic heterocycles. The molecule has 5 nitrogen and oxygen atoms in total. The van der Waals surface area contributed by atoms with Gasteiger partial charge in [-0.05, 0) is 49.7 Å². The fraction of sp³-hybridized carbons (Fsp3) is 0.667. The molecule has 0 aromatic carbocycles. The van der Waals surface area contributed by atoms with Gasteiger partial charge in [-0.25, -0.2) is 4.79 Å². The zero-order chi connectivity index (χ0) is 16.7. The van der Waals surface area contributed by atoms with Crippen molar-refractivity contribution in [2.45, 2.75) is 45.1 Å². The third-order valence-corrected chi connectivity index (χ3v) is 6.85. The van der Waals surface area contributed by atoms with E-state index in [0.29, 0.717) is 0 Å². The lowest BCUT2D eigenvalue weighted by atomic mass is 9.90. The molecule has 3 aliphatic rings. The van der Waals surface area contributed by atoms with Gasteiger partial charge in [-0.15, -0.1) is 11.3 Å². The van der Waals surface area contributed by atoms with Crippen molar-refractivity contribution in [2.75, 3.05) is 26.2 Å². The number of rotatable bonds is 2. The maximum Gasteiger partial charge on any atom is 0.317 e. The van der Waals surface area contributed by atoms with E-state index < -0.39 is 0 Å². The lowest BCUT2D eigenvalue weighted by Gasteiger charge is -2.36. The number of urea groups is 1. The van der Waals surface area contributed by atoms with Gasteiger partial charge in [0.25, 0.3) is 5.91 Å². The van der Waals surface area contributed by atoms with Crippen LogP contribution in [0.15, 0.2) is 6.07 Å². The molecule has 24 heavy (non-hydrogen) atoms. The van der Waals surface area contributed by atoms with Crippen LogP contribution in [0.2, 0.25) is 0 Å². The topological polar surface area (TPSA) is 52.7 Å². The first kappa shape index (κ1) is 15.9. The number of thiophene rings is 1. The summed E-state index contributed by atoms with van der Waals surface area (Å²) in [7, 11) is 0. The lowest BCUT2D eigenvalue weighted by Crippen LogP contribution is -2.47. The molecule has 1 N–H and O–H groups in total. The Morgan fingerprint density at radius 1 is 1.25 bits per heavy atom. The van der Waals surface area contributed by atoms with Crippen LogP contribution >= 0.6 is 11.3 Å². The van der Waals surface area contributed by atoms with Crippen molar-refractivity contribution in [2.24, 2.45) is 5.92 Å². The fourth-order valence-corrected chi connectivity index (χ4v) is 5.36. The number of nitrogens with zero attached hydrogens (tertiary/aromatic N) is 2. The number of hydrogen-bond acceptors (Lipinski definition) is 3. The van der Waals surface area contributed by atoms with Crippen molar-refractivity contribution in [1.82, 2.24) is 15.1 Å². The lowest BCUT2D eigenvalue weighted by molar-refractivity contribution is 0.0671. The maximum atomic E-state index is 12.8. The van der Waals surface area contributed by atoms with Crippen LogP contribution in [0.4, 0.5) is 4.79 Å². The number of carbonyl (C=O) groups is 2. The third kappa shape index (κ3) is 2.92. The van der Waals surface area contributed by atoms with E-state index in [-0.39, 0.29) is 18.0 Å². The number of nitrogens with one attached hydrogen (secondary N) is 1. The summed E-state index contributed by atoms with van der Waals surface area (Å²) < 4.78 is 0. The highest BCUT2D eigenvalue weighted by molar-refractivity contribution is 7.14. The van der Waals surface area contributed by atoms with Gasteiger partial charge < -0.3 is 15.1 Å². The molecule has 1 atom stereocenters. The molecule has 3 heterocycles. The van der Waals surface area contributed by atoms with Gasteiger partial charge in [0.2, 0.25) is 0 Å². The predicted molar refractivity (Wildman–Crippen MR) is 94.5 cm³/mol.